The second-order valence-corrected chi connectivity index (χ2v) is 6.66. The van der Waals surface area contributed by atoms with E-state index in [1.54, 1.807) is 11.8 Å². The Hall–Kier alpha value is -1.44. The Bertz CT molecular complexity index is 708. The molecule has 5 heteroatoms. The molecule has 0 amide bonds. The highest BCUT2D eigenvalue weighted by atomic mass is 35.5. The van der Waals surface area contributed by atoms with Gasteiger partial charge in [0.2, 0.25) is 0 Å². The zero-order valence-electron chi connectivity index (χ0n) is 12.6. The molecule has 1 saturated carbocycles. The lowest BCUT2D eigenvalue weighted by molar-refractivity contribution is 0.485. The normalized spacial score (nSPS) is 14.8. The van der Waals surface area contributed by atoms with E-state index in [1.807, 2.05) is 31.2 Å². The number of halogens is 1. The Labute approximate surface area is 140 Å². The summed E-state index contributed by atoms with van der Waals surface area (Å²) < 4.78 is 2.27. The maximum absolute atomic E-state index is 6.36. The molecule has 1 fully saturated rings. The van der Waals surface area contributed by atoms with Crippen LogP contribution in [0.4, 0.5) is 0 Å². The molecule has 3 nitrogen and oxygen atoms in total. The maximum Gasteiger partial charge on any atom is 0.192 e. The molecule has 22 heavy (non-hydrogen) atoms. The monoisotopic (exact) mass is 331 g/mol. The van der Waals surface area contributed by atoms with Crippen LogP contribution in [0.1, 0.15) is 38.6 Å². The highest BCUT2D eigenvalue weighted by Gasteiger charge is 2.25. The predicted molar refractivity (Wildman–Crippen MR) is 92.1 cm³/mol. The average Bonchev–Trinajstić information content (AvgIpc) is 3.17. The van der Waals surface area contributed by atoms with Crippen LogP contribution in [0.2, 0.25) is 5.02 Å². The lowest BCUT2D eigenvalue weighted by Gasteiger charge is -2.17. The predicted octanol–water partition coefficient (Wildman–Crippen LogP) is 4.83. The van der Waals surface area contributed by atoms with E-state index >= 15 is 0 Å². The second kappa shape index (κ2) is 7.21. The molecule has 0 bridgehead atoms. The molecule has 0 aliphatic heterocycles. The zero-order chi connectivity index (χ0) is 15.4. The van der Waals surface area contributed by atoms with Crippen LogP contribution in [-0.2, 0) is 0 Å². The van der Waals surface area contributed by atoms with Crippen molar-refractivity contribution in [2.45, 2.75) is 43.8 Å². The van der Waals surface area contributed by atoms with Crippen LogP contribution in [0.25, 0.3) is 11.4 Å². The molecule has 0 spiro atoms. The third-order valence-electron chi connectivity index (χ3n) is 3.92. The number of thioether (sulfide) groups is 1. The van der Waals surface area contributed by atoms with E-state index in [1.165, 1.54) is 25.7 Å². The molecular weight excluding hydrogens is 314 g/mol. The maximum atomic E-state index is 6.36. The summed E-state index contributed by atoms with van der Waals surface area (Å²) in [5, 5.41) is 10.5. The fourth-order valence-corrected chi connectivity index (χ4v) is 3.91. The van der Waals surface area contributed by atoms with Gasteiger partial charge >= 0.3 is 0 Å². The lowest BCUT2D eigenvalue weighted by atomic mass is 10.2. The summed E-state index contributed by atoms with van der Waals surface area (Å²) >= 11 is 8.02. The van der Waals surface area contributed by atoms with E-state index in [-0.39, 0.29) is 0 Å². The van der Waals surface area contributed by atoms with Crippen molar-refractivity contribution in [2.24, 2.45) is 0 Å². The minimum Gasteiger partial charge on any atom is -0.299 e. The van der Waals surface area contributed by atoms with E-state index in [4.69, 9.17) is 11.6 Å². The molecule has 1 aromatic carbocycles. The van der Waals surface area contributed by atoms with Crippen molar-refractivity contribution in [3.63, 3.8) is 0 Å². The molecular formula is C17H18ClN3S. The first-order valence-corrected chi connectivity index (χ1v) is 8.90. The lowest BCUT2D eigenvalue weighted by Crippen LogP contribution is -2.08. The van der Waals surface area contributed by atoms with Crippen molar-refractivity contribution in [1.82, 2.24) is 14.8 Å². The first-order chi connectivity index (χ1) is 10.8. The van der Waals surface area contributed by atoms with Gasteiger partial charge in [-0.15, -0.1) is 16.1 Å². The number of benzene rings is 1. The molecule has 1 aliphatic carbocycles. The van der Waals surface area contributed by atoms with Crippen LogP contribution in [0.15, 0.2) is 29.4 Å². The molecule has 1 aliphatic rings. The molecule has 0 saturated heterocycles. The summed E-state index contributed by atoms with van der Waals surface area (Å²) in [4.78, 5) is 0. The Kier molecular flexibility index (Phi) is 5.07. The van der Waals surface area contributed by atoms with Crippen LogP contribution in [0.5, 0.6) is 0 Å². The molecule has 1 heterocycles. The summed E-state index contributed by atoms with van der Waals surface area (Å²) in [6.07, 6.45) is 4.90. The van der Waals surface area contributed by atoms with Crippen molar-refractivity contribution in [3.8, 4) is 23.2 Å². The standard InChI is InChI=1S/C17H18ClN3S/c1-2-3-12-22-17-20-19-16(14-10-6-7-11-15(14)18)21(17)13-8-4-5-9-13/h6-7,10-11,13H,4-5,8-9,12H2,1H3. The van der Waals surface area contributed by atoms with Crippen LogP contribution < -0.4 is 0 Å². The first-order valence-electron chi connectivity index (χ1n) is 7.53. The van der Waals surface area contributed by atoms with Crippen molar-refractivity contribution in [3.05, 3.63) is 29.3 Å². The van der Waals surface area contributed by atoms with E-state index < -0.39 is 0 Å². The molecule has 1 aromatic heterocycles. The van der Waals surface area contributed by atoms with Crippen molar-refractivity contribution >= 4 is 23.4 Å². The Morgan fingerprint density at radius 2 is 2.05 bits per heavy atom. The van der Waals surface area contributed by atoms with Crippen molar-refractivity contribution in [1.29, 1.82) is 0 Å². The first kappa shape index (κ1) is 15.5. The van der Waals surface area contributed by atoms with Gasteiger partial charge in [-0.2, -0.15) is 0 Å². The summed E-state index contributed by atoms with van der Waals surface area (Å²) in [6, 6.07) is 8.31. The summed E-state index contributed by atoms with van der Waals surface area (Å²) in [5.74, 6) is 7.62. The van der Waals surface area contributed by atoms with Crippen molar-refractivity contribution in [2.75, 3.05) is 5.75 Å². The highest BCUT2D eigenvalue weighted by Crippen LogP contribution is 2.37. The minimum atomic E-state index is 0.471. The van der Waals surface area contributed by atoms with Crippen molar-refractivity contribution < 1.29 is 0 Å². The average molecular weight is 332 g/mol. The minimum absolute atomic E-state index is 0.471. The third-order valence-corrected chi connectivity index (χ3v) is 5.07. The van der Waals surface area contributed by atoms with Crippen LogP contribution >= 0.6 is 23.4 Å². The van der Waals surface area contributed by atoms with E-state index in [0.717, 1.165) is 27.3 Å². The fraction of sp³-hybridized carbons (Fsp3) is 0.412. The SMILES string of the molecule is CC#CCSc1nnc(-c2ccccc2Cl)n1C1CCCC1. The summed E-state index contributed by atoms with van der Waals surface area (Å²) in [5.41, 5.74) is 0.956. The highest BCUT2D eigenvalue weighted by molar-refractivity contribution is 7.99. The quantitative estimate of drug-likeness (QED) is 0.594. The van der Waals surface area contributed by atoms with Crippen LogP contribution in [0, 0.1) is 11.8 Å². The zero-order valence-corrected chi connectivity index (χ0v) is 14.1. The number of hydrogen-bond donors (Lipinski definition) is 0. The Balaban J connectivity index is 2.01. The van der Waals surface area contributed by atoms with Gasteiger partial charge in [0.1, 0.15) is 0 Å². The Morgan fingerprint density at radius 3 is 2.77 bits per heavy atom. The molecule has 0 radical (unpaired) electrons. The van der Waals surface area contributed by atoms with E-state index in [9.17, 15) is 0 Å². The number of nitrogens with zero attached hydrogens (tertiary/aromatic N) is 3. The van der Waals surface area contributed by atoms with Crippen LogP contribution in [0.3, 0.4) is 0 Å². The largest absolute Gasteiger partial charge is 0.299 e. The van der Waals surface area contributed by atoms with Gasteiger partial charge in [-0.3, -0.25) is 4.57 Å². The fourth-order valence-electron chi connectivity index (χ4n) is 2.87. The van der Waals surface area contributed by atoms with Gasteiger partial charge in [0, 0.05) is 11.6 Å². The molecule has 0 unspecified atom stereocenters. The molecule has 0 N–H and O–H groups in total. The second-order valence-electron chi connectivity index (χ2n) is 5.31. The third kappa shape index (κ3) is 3.16. The molecule has 3 rings (SSSR count). The number of rotatable bonds is 4. The summed E-state index contributed by atoms with van der Waals surface area (Å²) in [6.45, 7) is 1.86. The molecule has 114 valence electrons. The Morgan fingerprint density at radius 1 is 1.27 bits per heavy atom. The van der Waals surface area contributed by atoms with Crippen LogP contribution in [-0.4, -0.2) is 20.5 Å². The van der Waals surface area contributed by atoms with Gasteiger partial charge in [-0.25, -0.2) is 0 Å². The van der Waals surface area contributed by atoms with Gasteiger partial charge in [0.25, 0.3) is 0 Å². The van der Waals surface area contributed by atoms with E-state index in [0.29, 0.717) is 6.04 Å². The van der Waals surface area contributed by atoms with Gasteiger partial charge < -0.3 is 0 Å². The number of hydrogen-bond acceptors (Lipinski definition) is 3. The van der Waals surface area contributed by atoms with E-state index in [2.05, 4.69) is 26.6 Å². The van der Waals surface area contributed by atoms with Gasteiger partial charge in [-0.05, 0) is 31.9 Å². The molecule has 0 atom stereocenters. The smallest absolute Gasteiger partial charge is 0.192 e. The van der Waals surface area contributed by atoms with Gasteiger partial charge in [0.05, 0.1) is 10.8 Å². The van der Waals surface area contributed by atoms with Gasteiger partial charge in [0.15, 0.2) is 11.0 Å². The summed E-state index contributed by atoms with van der Waals surface area (Å²) in [7, 11) is 0. The molecule has 2 aromatic rings. The topological polar surface area (TPSA) is 30.7 Å². The number of aromatic nitrogens is 3. The van der Waals surface area contributed by atoms with Gasteiger partial charge in [-0.1, -0.05) is 54.3 Å².